The summed E-state index contributed by atoms with van der Waals surface area (Å²) in [6.07, 6.45) is 4.64. The highest BCUT2D eigenvalue weighted by Crippen LogP contribution is 2.29. The Bertz CT molecular complexity index is 984. The first-order valence-electron chi connectivity index (χ1n) is 10.1. The molecule has 1 aliphatic carbocycles. The Morgan fingerprint density at radius 3 is 2.76 bits per heavy atom. The summed E-state index contributed by atoms with van der Waals surface area (Å²) in [4.78, 5) is 12.9. The molecule has 2 N–H and O–H groups in total. The Morgan fingerprint density at radius 1 is 1.07 bits per heavy atom. The Balaban J connectivity index is 1.46. The second-order valence-electron chi connectivity index (χ2n) is 7.63. The Hall–Kier alpha value is -2.22. The van der Waals surface area contributed by atoms with E-state index in [2.05, 4.69) is 22.2 Å². The van der Waals surface area contributed by atoms with Crippen LogP contribution in [0.5, 0.6) is 0 Å². The van der Waals surface area contributed by atoms with Crippen molar-refractivity contribution in [3.05, 3.63) is 65.2 Å². The monoisotopic (exact) mass is 414 g/mol. The fourth-order valence-corrected chi connectivity index (χ4v) is 5.15. The van der Waals surface area contributed by atoms with Crippen LogP contribution < -0.4 is 10.0 Å². The van der Waals surface area contributed by atoms with E-state index in [-0.39, 0.29) is 29.5 Å². The van der Waals surface area contributed by atoms with Crippen LogP contribution in [-0.4, -0.2) is 33.6 Å². The molecule has 4 rings (SSSR count). The molecule has 2 aromatic rings. The number of carbonyl (C=O) groups excluding carboxylic acids is 1. The van der Waals surface area contributed by atoms with Gasteiger partial charge in [0.25, 0.3) is 5.91 Å². The third-order valence-electron chi connectivity index (χ3n) is 5.61. The summed E-state index contributed by atoms with van der Waals surface area (Å²) in [6, 6.07) is 14.3. The van der Waals surface area contributed by atoms with Gasteiger partial charge in [0, 0.05) is 18.7 Å². The lowest BCUT2D eigenvalue weighted by atomic mass is 9.87. The molecule has 29 heavy (non-hydrogen) atoms. The number of nitrogens with one attached hydrogen (secondary N) is 2. The van der Waals surface area contributed by atoms with Gasteiger partial charge in [-0.2, -0.15) is 0 Å². The number of rotatable bonds is 6. The molecule has 0 radical (unpaired) electrons. The van der Waals surface area contributed by atoms with Gasteiger partial charge in [0.1, 0.15) is 0 Å². The van der Waals surface area contributed by atoms with Gasteiger partial charge < -0.3 is 10.1 Å². The summed E-state index contributed by atoms with van der Waals surface area (Å²) in [5.74, 6) is -0.261. The SMILES string of the molecule is O=C(N[C@H]1CCCc2ccccc21)c1cccc(S(=O)(=O)NC[C@@H]2CCCO2)c1. The van der Waals surface area contributed by atoms with Gasteiger partial charge in [-0.25, -0.2) is 13.1 Å². The van der Waals surface area contributed by atoms with Crippen LogP contribution in [0.2, 0.25) is 0 Å². The number of amides is 1. The van der Waals surface area contributed by atoms with E-state index in [0.717, 1.165) is 37.7 Å². The van der Waals surface area contributed by atoms with Crippen LogP contribution in [-0.2, 0) is 21.2 Å². The first-order chi connectivity index (χ1) is 14.0. The minimum atomic E-state index is -3.70. The van der Waals surface area contributed by atoms with Crippen LogP contribution in [0.25, 0.3) is 0 Å². The van der Waals surface area contributed by atoms with Gasteiger partial charge >= 0.3 is 0 Å². The zero-order valence-corrected chi connectivity index (χ0v) is 17.1. The minimum Gasteiger partial charge on any atom is -0.377 e. The smallest absolute Gasteiger partial charge is 0.251 e. The molecule has 2 atom stereocenters. The van der Waals surface area contributed by atoms with Crippen molar-refractivity contribution in [3.63, 3.8) is 0 Å². The average molecular weight is 415 g/mol. The Labute approximate surface area is 171 Å². The van der Waals surface area contributed by atoms with Crippen LogP contribution in [0.1, 0.15) is 53.2 Å². The van der Waals surface area contributed by atoms with Crippen LogP contribution in [0.4, 0.5) is 0 Å². The average Bonchev–Trinajstić information content (AvgIpc) is 3.26. The zero-order chi connectivity index (χ0) is 20.3. The van der Waals surface area contributed by atoms with Crippen LogP contribution >= 0.6 is 0 Å². The normalized spacial score (nSPS) is 21.5. The molecule has 154 valence electrons. The van der Waals surface area contributed by atoms with E-state index in [1.807, 2.05) is 12.1 Å². The van der Waals surface area contributed by atoms with E-state index < -0.39 is 10.0 Å². The number of sulfonamides is 1. The van der Waals surface area contributed by atoms with Crippen molar-refractivity contribution in [3.8, 4) is 0 Å². The third-order valence-corrected chi connectivity index (χ3v) is 7.03. The van der Waals surface area contributed by atoms with E-state index in [4.69, 9.17) is 4.74 Å². The molecule has 1 aliphatic heterocycles. The predicted molar refractivity (Wildman–Crippen MR) is 110 cm³/mol. The van der Waals surface area contributed by atoms with Crippen molar-refractivity contribution in [1.82, 2.24) is 10.0 Å². The summed E-state index contributed by atoms with van der Waals surface area (Å²) < 4.78 is 33.3. The third kappa shape index (κ3) is 4.69. The van der Waals surface area contributed by atoms with Crippen molar-refractivity contribution < 1.29 is 17.9 Å². The molecule has 1 amide bonds. The quantitative estimate of drug-likeness (QED) is 0.761. The van der Waals surface area contributed by atoms with Crippen LogP contribution in [0.3, 0.4) is 0 Å². The topological polar surface area (TPSA) is 84.5 Å². The van der Waals surface area contributed by atoms with Crippen LogP contribution in [0, 0.1) is 0 Å². The molecule has 0 aromatic heterocycles. The van der Waals surface area contributed by atoms with E-state index in [9.17, 15) is 13.2 Å². The van der Waals surface area contributed by atoms with Crippen molar-refractivity contribution in [2.24, 2.45) is 0 Å². The molecular weight excluding hydrogens is 388 g/mol. The summed E-state index contributed by atoms with van der Waals surface area (Å²) in [5.41, 5.74) is 2.75. The van der Waals surface area contributed by atoms with Crippen molar-refractivity contribution in [1.29, 1.82) is 0 Å². The largest absolute Gasteiger partial charge is 0.377 e. The van der Waals surface area contributed by atoms with Gasteiger partial charge in [-0.15, -0.1) is 0 Å². The second kappa shape index (κ2) is 8.65. The molecule has 2 aromatic carbocycles. The van der Waals surface area contributed by atoms with E-state index in [1.165, 1.54) is 17.7 Å². The Kier molecular flexibility index (Phi) is 5.99. The molecule has 1 saturated heterocycles. The van der Waals surface area contributed by atoms with Gasteiger partial charge in [-0.1, -0.05) is 30.3 Å². The number of carbonyl (C=O) groups is 1. The number of benzene rings is 2. The highest BCUT2D eigenvalue weighted by molar-refractivity contribution is 7.89. The lowest BCUT2D eigenvalue weighted by molar-refractivity contribution is 0.0932. The summed E-state index contributed by atoms with van der Waals surface area (Å²) in [7, 11) is -3.70. The second-order valence-corrected chi connectivity index (χ2v) is 9.40. The molecule has 0 unspecified atom stereocenters. The summed E-state index contributed by atoms with van der Waals surface area (Å²) in [5, 5.41) is 3.07. The van der Waals surface area contributed by atoms with Gasteiger partial charge in [0.2, 0.25) is 10.0 Å². The van der Waals surface area contributed by atoms with Gasteiger partial charge in [-0.3, -0.25) is 4.79 Å². The number of hydrogen-bond donors (Lipinski definition) is 2. The molecule has 0 bridgehead atoms. The number of hydrogen-bond acceptors (Lipinski definition) is 4. The Morgan fingerprint density at radius 2 is 1.93 bits per heavy atom. The van der Waals surface area contributed by atoms with Crippen molar-refractivity contribution >= 4 is 15.9 Å². The maximum Gasteiger partial charge on any atom is 0.251 e. The van der Waals surface area contributed by atoms with E-state index in [0.29, 0.717) is 12.2 Å². The molecule has 7 heteroatoms. The molecule has 1 heterocycles. The van der Waals surface area contributed by atoms with Gasteiger partial charge in [-0.05, 0) is 61.4 Å². The maximum atomic E-state index is 12.8. The summed E-state index contributed by atoms with van der Waals surface area (Å²) >= 11 is 0. The molecule has 0 spiro atoms. The molecule has 6 nitrogen and oxygen atoms in total. The first kappa shape index (κ1) is 20.1. The predicted octanol–water partition coefficient (Wildman–Crippen LogP) is 2.95. The van der Waals surface area contributed by atoms with E-state index >= 15 is 0 Å². The zero-order valence-electron chi connectivity index (χ0n) is 16.3. The standard InChI is InChI=1S/C22H26N2O4S/c25-22(24-21-12-4-7-16-6-1-2-11-20(16)21)17-8-3-10-19(14-17)29(26,27)23-15-18-9-5-13-28-18/h1-3,6,8,10-11,14,18,21,23H,4-5,7,9,12-13,15H2,(H,24,25)/t18-,21-/m0/s1. The fourth-order valence-electron chi connectivity index (χ4n) is 4.04. The fraction of sp³-hybridized carbons (Fsp3) is 0.409. The number of aryl methyl sites for hydroxylation is 1. The van der Waals surface area contributed by atoms with Gasteiger partial charge in [0.05, 0.1) is 17.0 Å². The molecule has 1 fully saturated rings. The minimum absolute atomic E-state index is 0.0506. The lowest BCUT2D eigenvalue weighted by Crippen LogP contribution is -2.33. The van der Waals surface area contributed by atoms with Crippen LogP contribution in [0.15, 0.2) is 53.4 Å². The first-order valence-corrected chi connectivity index (χ1v) is 11.6. The number of ether oxygens (including phenoxy) is 1. The lowest BCUT2D eigenvalue weighted by Gasteiger charge is -2.26. The van der Waals surface area contributed by atoms with E-state index in [1.54, 1.807) is 12.1 Å². The molecule has 0 saturated carbocycles. The molecule has 2 aliphatic rings. The van der Waals surface area contributed by atoms with Gasteiger partial charge in [0.15, 0.2) is 0 Å². The van der Waals surface area contributed by atoms with Crippen molar-refractivity contribution in [2.75, 3.05) is 13.2 Å². The summed E-state index contributed by atoms with van der Waals surface area (Å²) in [6.45, 7) is 0.921. The highest BCUT2D eigenvalue weighted by Gasteiger charge is 2.24. The molecular formula is C22H26N2O4S. The van der Waals surface area contributed by atoms with Crippen molar-refractivity contribution in [2.45, 2.75) is 49.1 Å². The highest BCUT2D eigenvalue weighted by atomic mass is 32.2. The maximum absolute atomic E-state index is 12.8. The number of fused-ring (bicyclic) bond motifs is 1.